The highest BCUT2D eigenvalue weighted by molar-refractivity contribution is 6.31. The first-order valence-corrected chi connectivity index (χ1v) is 7.23. The van der Waals surface area contributed by atoms with Crippen LogP contribution in [0.4, 0.5) is 13.2 Å². The summed E-state index contributed by atoms with van der Waals surface area (Å²) in [5.41, 5.74) is -0.111. The van der Waals surface area contributed by atoms with Crippen molar-refractivity contribution < 1.29 is 18.3 Å². The van der Waals surface area contributed by atoms with Gasteiger partial charge in [-0.3, -0.25) is 4.90 Å². The first-order chi connectivity index (χ1) is 9.93. The quantitative estimate of drug-likeness (QED) is 0.894. The molecule has 1 heterocycles. The van der Waals surface area contributed by atoms with Gasteiger partial charge in [0.15, 0.2) is 0 Å². The fourth-order valence-corrected chi connectivity index (χ4v) is 2.94. The van der Waals surface area contributed by atoms with Crippen LogP contribution in [0.2, 0.25) is 5.02 Å². The third kappa shape index (κ3) is 4.10. The highest BCUT2D eigenvalue weighted by atomic mass is 35.5. The van der Waals surface area contributed by atoms with E-state index in [1.54, 1.807) is 0 Å². The number of rotatable bonds is 4. The van der Waals surface area contributed by atoms with Gasteiger partial charge in [-0.2, -0.15) is 13.2 Å². The molecule has 1 saturated heterocycles. The SMILES string of the molecule is OCC[C@@H](c1ccc(C(F)(F)F)c(Cl)c1)N1CCNCC1. The molecule has 1 fully saturated rings. The number of alkyl halides is 3. The Kier molecular flexibility index (Phi) is 5.48. The van der Waals surface area contributed by atoms with Crippen LogP contribution in [0, 0.1) is 0 Å². The first kappa shape index (κ1) is 16.5. The third-order valence-electron chi connectivity index (χ3n) is 3.68. The second kappa shape index (κ2) is 6.96. The fraction of sp³-hybridized carbons (Fsp3) is 0.571. The van der Waals surface area contributed by atoms with Gasteiger partial charge in [0, 0.05) is 38.8 Å². The molecule has 0 amide bonds. The Morgan fingerprint density at radius 2 is 1.95 bits per heavy atom. The van der Waals surface area contributed by atoms with E-state index in [1.807, 2.05) is 0 Å². The summed E-state index contributed by atoms with van der Waals surface area (Å²) in [6.07, 6.45) is -3.97. The molecule has 0 aliphatic carbocycles. The fourth-order valence-electron chi connectivity index (χ4n) is 2.64. The minimum atomic E-state index is -4.45. The standard InChI is InChI=1S/C14H18ClF3N2O/c15-12-9-10(1-2-11(12)14(16,17)18)13(3-8-21)20-6-4-19-5-7-20/h1-2,9,13,19,21H,3-8H2/t13-/m0/s1. The molecule has 3 nitrogen and oxygen atoms in total. The molecule has 2 rings (SSSR count). The molecule has 1 aromatic rings. The zero-order valence-electron chi connectivity index (χ0n) is 11.5. The minimum Gasteiger partial charge on any atom is -0.396 e. The summed E-state index contributed by atoms with van der Waals surface area (Å²) in [4.78, 5) is 2.16. The Hall–Kier alpha value is -0.820. The number of nitrogens with zero attached hydrogens (tertiary/aromatic N) is 1. The first-order valence-electron chi connectivity index (χ1n) is 6.85. The number of aliphatic hydroxyl groups is 1. The molecule has 2 N–H and O–H groups in total. The van der Waals surface area contributed by atoms with Gasteiger partial charge < -0.3 is 10.4 Å². The highest BCUT2D eigenvalue weighted by Crippen LogP contribution is 2.37. The van der Waals surface area contributed by atoms with Crippen LogP contribution in [-0.4, -0.2) is 42.8 Å². The van der Waals surface area contributed by atoms with Gasteiger partial charge >= 0.3 is 6.18 Å². The van der Waals surface area contributed by atoms with Crippen LogP contribution in [0.1, 0.15) is 23.6 Å². The molecule has 0 unspecified atom stereocenters. The third-order valence-corrected chi connectivity index (χ3v) is 3.99. The van der Waals surface area contributed by atoms with E-state index in [9.17, 15) is 18.3 Å². The van der Waals surface area contributed by atoms with Gasteiger partial charge in [-0.15, -0.1) is 0 Å². The van der Waals surface area contributed by atoms with Crippen LogP contribution in [0.3, 0.4) is 0 Å². The number of benzene rings is 1. The molecular formula is C14H18ClF3N2O. The molecule has 0 bridgehead atoms. The van der Waals surface area contributed by atoms with E-state index in [0.717, 1.165) is 32.2 Å². The molecular weight excluding hydrogens is 305 g/mol. The minimum absolute atomic E-state index is 0.0206. The summed E-state index contributed by atoms with van der Waals surface area (Å²) in [5, 5.41) is 12.2. The molecule has 7 heteroatoms. The lowest BCUT2D eigenvalue weighted by molar-refractivity contribution is -0.137. The zero-order valence-corrected chi connectivity index (χ0v) is 12.2. The van der Waals surface area contributed by atoms with Crippen molar-refractivity contribution >= 4 is 11.6 Å². The number of aliphatic hydroxyl groups excluding tert-OH is 1. The predicted octanol–water partition coefficient (Wildman–Crippen LogP) is 2.69. The molecule has 0 saturated carbocycles. The van der Waals surface area contributed by atoms with E-state index in [-0.39, 0.29) is 17.7 Å². The number of hydrogen-bond donors (Lipinski definition) is 2. The predicted molar refractivity (Wildman–Crippen MR) is 75.3 cm³/mol. The Morgan fingerprint density at radius 1 is 1.29 bits per heavy atom. The average Bonchev–Trinajstić information content (AvgIpc) is 2.44. The van der Waals surface area contributed by atoms with E-state index in [2.05, 4.69) is 10.2 Å². The summed E-state index contributed by atoms with van der Waals surface area (Å²) >= 11 is 5.78. The van der Waals surface area contributed by atoms with Crippen molar-refractivity contribution in [3.05, 3.63) is 34.3 Å². The van der Waals surface area contributed by atoms with Crippen LogP contribution in [-0.2, 0) is 6.18 Å². The summed E-state index contributed by atoms with van der Waals surface area (Å²) in [5.74, 6) is 0. The summed E-state index contributed by atoms with van der Waals surface area (Å²) in [7, 11) is 0. The average molecular weight is 323 g/mol. The van der Waals surface area contributed by atoms with E-state index in [0.29, 0.717) is 12.0 Å². The Balaban J connectivity index is 2.26. The van der Waals surface area contributed by atoms with Crippen LogP contribution in [0.15, 0.2) is 18.2 Å². The maximum Gasteiger partial charge on any atom is 0.417 e. The van der Waals surface area contributed by atoms with Crippen LogP contribution >= 0.6 is 11.6 Å². The maximum absolute atomic E-state index is 12.7. The van der Waals surface area contributed by atoms with Gasteiger partial charge in [0.2, 0.25) is 0 Å². The molecule has 118 valence electrons. The van der Waals surface area contributed by atoms with Gasteiger partial charge in [0.1, 0.15) is 0 Å². The van der Waals surface area contributed by atoms with E-state index < -0.39 is 11.7 Å². The lowest BCUT2D eigenvalue weighted by atomic mass is 10.00. The molecule has 1 aliphatic heterocycles. The van der Waals surface area contributed by atoms with Gasteiger partial charge in [-0.25, -0.2) is 0 Å². The lowest BCUT2D eigenvalue weighted by Gasteiger charge is -2.35. The maximum atomic E-state index is 12.7. The van der Waals surface area contributed by atoms with Crippen molar-refractivity contribution in [2.24, 2.45) is 0 Å². The summed E-state index contributed by atoms with van der Waals surface area (Å²) in [6, 6.07) is 3.73. The smallest absolute Gasteiger partial charge is 0.396 e. The Morgan fingerprint density at radius 3 is 2.48 bits per heavy atom. The summed E-state index contributed by atoms with van der Waals surface area (Å²) < 4.78 is 38.2. The Labute approximate surface area is 126 Å². The second-order valence-electron chi connectivity index (χ2n) is 5.05. The van der Waals surface area contributed by atoms with Crippen molar-refractivity contribution in [1.29, 1.82) is 0 Å². The highest BCUT2D eigenvalue weighted by Gasteiger charge is 2.33. The van der Waals surface area contributed by atoms with E-state index in [4.69, 9.17) is 11.6 Å². The molecule has 21 heavy (non-hydrogen) atoms. The van der Waals surface area contributed by atoms with Crippen LogP contribution < -0.4 is 5.32 Å². The Bertz CT molecular complexity index is 476. The van der Waals surface area contributed by atoms with Crippen molar-refractivity contribution in [3.8, 4) is 0 Å². The molecule has 1 atom stereocenters. The van der Waals surface area contributed by atoms with Gasteiger partial charge in [-0.05, 0) is 24.1 Å². The molecule has 0 spiro atoms. The van der Waals surface area contributed by atoms with Crippen LogP contribution in [0.25, 0.3) is 0 Å². The summed E-state index contributed by atoms with van der Waals surface area (Å²) in [6.45, 7) is 3.23. The van der Waals surface area contributed by atoms with Gasteiger partial charge in [-0.1, -0.05) is 17.7 Å². The number of halogens is 4. The number of hydrogen-bond acceptors (Lipinski definition) is 3. The van der Waals surface area contributed by atoms with Crippen molar-refractivity contribution in [2.45, 2.75) is 18.6 Å². The molecule has 1 aromatic carbocycles. The second-order valence-corrected chi connectivity index (χ2v) is 5.46. The lowest BCUT2D eigenvalue weighted by Crippen LogP contribution is -2.45. The van der Waals surface area contributed by atoms with E-state index in [1.165, 1.54) is 12.1 Å². The van der Waals surface area contributed by atoms with Crippen molar-refractivity contribution in [1.82, 2.24) is 10.2 Å². The zero-order chi connectivity index (χ0) is 15.5. The number of piperazine rings is 1. The van der Waals surface area contributed by atoms with Crippen molar-refractivity contribution in [3.63, 3.8) is 0 Å². The van der Waals surface area contributed by atoms with Crippen molar-refractivity contribution in [2.75, 3.05) is 32.8 Å². The molecule has 0 aromatic heterocycles. The number of nitrogens with one attached hydrogen (secondary N) is 1. The topological polar surface area (TPSA) is 35.5 Å². The van der Waals surface area contributed by atoms with Crippen LogP contribution in [0.5, 0.6) is 0 Å². The molecule has 1 aliphatic rings. The normalized spacial score (nSPS) is 18.7. The largest absolute Gasteiger partial charge is 0.417 e. The van der Waals surface area contributed by atoms with E-state index >= 15 is 0 Å². The van der Waals surface area contributed by atoms with Gasteiger partial charge in [0.05, 0.1) is 10.6 Å². The van der Waals surface area contributed by atoms with Gasteiger partial charge in [0.25, 0.3) is 0 Å². The monoisotopic (exact) mass is 322 g/mol. The molecule has 0 radical (unpaired) electrons.